The standard InChI is InChI=1S/C18H14ClF3N2O3/c1-10(17-23-11(2)24-27-17)25-13-4-6-14(7-5-13)26-16-8-3-12(9-15(16)19)18(20,21)22/h3-10H,1-2H3. The van der Waals surface area contributed by atoms with Crippen molar-refractivity contribution in [2.75, 3.05) is 0 Å². The van der Waals surface area contributed by atoms with Crippen molar-refractivity contribution in [3.05, 3.63) is 64.8 Å². The third-order valence-corrected chi connectivity index (χ3v) is 3.81. The third-order valence-electron chi connectivity index (χ3n) is 3.51. The summed E-state index contributed by atoms with van der Waals surface area (Å²) in [4.78, 5) is 4.09. The molecule has 5 nitrogen and oxygen atoms in total. The lowest BCUT2D eigenvalue weighted by atomic mass is 10.2. The van der Waals surface area contributed by atoms with Crippen molar-refractivity contribution in [3.63, 3.8) is 0 Å². The SMILES string of the molecule is Cc1noc(C(C)Oc2ccc(Oc3ccc(C(F)(F)F)cc3Cl)cc2)n1. The molecule has 9 heteroatoms. The van der Waals surface area contributed by atoms with Gasteiger partial charge in [-0.25, -0.2) is 0 Å². The maximum absolute atomic E-state index is 12.7. The van der Waals surface area contributed by atoms with Crippen LogP contribution in [0.3, 0.4) is 0 Å². The smallest absolute Gasteiger partial charge is 0.416 e. The summed E-state index contributed by atoms with van der Waals surface area (Å²) in [6, 6.07) is 9.41. The molecule has 2 aromatic carbocycles. The molecular weight excluding hydrogens is 385 g/mol. The van der Waals surface area contributed by atoms with Crippen molar-refractivity contribution in [1.82, 2.24) is 10.1 Å². The number of aryl methyl sites for hydroxylation is 1. The molecule has 1 aromatic heterocycles. The molecule has 0 saturated heterocycles. The predicted octanol–water partition coefficient (Wildman–Crippen LogP) is 5.98. The van der Waals surface area contributed by atoms with Gasteiger partial charge in [0, 0.05) is 0 Å². The minimum Gasteiger partial charge on any atom is -0.481 e. The van der Waals surface area contributed by atoms with Gasteiger partial charge in [0.15, 0.2) is 11.9 Å². The normalized spacial score (nSPS) is 12.7. The van der Waals surface area contributed by atoms with E-state index in [1.165, 1.54) is 6.07 Å². The zero-order chi connectivity index (χ0) is 19.6. The molecule has 0 aliphatic heterocycles. The number of ether oxygens (including phenoxy) is 2. The van der Waals surface area contributed by atoms with Crippen LogP contribution in [0.4, 0.5) is 13.2 Å². The van der Waals surface area contributed by atoms with Gasteiger partial charge in [0.25, 0.3) is 5.89 Å². The maximum atomic E-state index is 12.7. The summed E-state index contributed by atoms with van der Waals surface area (Å²) in [5.74, 6) is 1.91. The van der Waals surface area contributed by atoms with E-state index < -0.39 is 17.8 Å². The number of nitrogens with zero attached hydrogens (tertiary/aromatic N) is 2. The molecule has 3 aromatic rings. The molecule has 0 bridgehead atoms. The van der Waals surface area contributed by atoms with Crippen LogP contribution in [0.1, 0.15) is 30.3 Å². The highest BCUT2D eigenvalue weighted by Crippen LogP contribution is 2.36. The van der Waals surface area contributed by atoms with E-state index in [-0.39, 0.29) is 10.8 Å². The van der Waals surface area contributed by atoms with Crippen molar-refractivity contribution in [2.45, 2.75) is 26.1 Å². The Kier molecular flexibility index (Phi) is 5.27. The maximum Gasteiger partial charge on any atom is 0.416 e. The second kappa shape index (κ2) is 7.48. The molecule has 0 radical (unpaired) electrons. The van der Waals surface area contributed by atoms with Crippen LogP contribution in [-0.4, -0.2) is 10.1 Å². The number of rotatable bonds is 5. The van der Waals surface area contributed by atoms with Gasteiger partial charge in [0.1, 0.15) is 17.2 Å². The zero-order valence-electron chi connectivity index (χ0n) is 14.2. The minimum atomic E-state index is -4.46. The Morgan fingerprint density at radius 1 is 1.07 bits per heavy atom. The molecule has 0 aliphatic rings. The molecule has 1 atom stereocenters. The molecule has 142 valence electrons. The topological polar surface area (TPSA) is 57.4 Å². The molecular formula is C18H14ClF3N2O3. The van der Waals surface area contributed by atoms with E-state index in [1.54, 1.807) is 38.1 Å². The molecule has 3 rings (SSSR count). The van der Waals surface area contributed by atoms with Gasteiger partial charge in [-0.3, -0.25) is 0 Å². The van der Waals surface area contributed by atoms with E-state index in [0.717, 1.165) is 12.1 Å². The second-order valence-electron chi connectivity index (χ2n) is 5.66. The lowest BCUT2D eigenvalue weighted by Crippen LogP contribution is -2.04. The zero-order valence-corrected chi connectivity index (χ0v) is 15.0. The average Bonchev–Trinajstić information content (AvgIpc) is 3.04. The Morgan fingerprint density at radius 2 is 1.74 bits per heavy atom. The highest BCUT2D eigenvalue weighted by atomic mass is 35.5. The summed E-state index contributed by atoms with van der Waals surface area (Å²) in [5.41, 5.74) is -0.839. The van der Waals surface area contributed by atoms with Gasteiger partial charge in [-0.2, -0.15) is 18.2 Å². The molecule has 0 amide bonds. The van der Waals surface area contributed by atoms with Gasteiger partial charge in [0.2, 0.25) is 0 Å². The largest absolute Gasteiger partial charge is 0.481 e. The first kappa shape index (κ1) is 19.0. The van der Waals surface area contributed by atoms with Crippen LogP contribution in [0, 0.1) is 6.92 Å². The fourth-order valence-corrected chi connectivity index (χ4v) is 2.43. The fraction of sp³-hybridized carbons (Fsp3) is 0.222. The number of halogens is 4. The van der Waals surface area contributed by atoms with Crippen LogP contribution in [0.15, 0.2) is 47.0 Å². The molecule has 0 saturated carbocycles. The number of hydrogen-bond donors (Lipinski definition) is 0. The summed E-state index contributed by atoms with van der Waals surface area (Å²) in [5, 5.41) is 3.57. The lowest BCUT2D eigenvalue weighted by molar-refractivity contribution is -0.137. The molecule has 0 fully saturated rings. The number of benzene rings is 2. The Bertz CT molecular complexity index is 926. The van der Waals surface area contributed by atoms with E-state index in [4.69, 9.17) is 25.6 Å². The lowest BCUT2D eigenvalue weighted by Gasteiger charge is -2.13. The molecule has 1 unspecified atom stereocenters. The van der Waals surface area contributed by atoms with Gasteiger partial charge >= 0.3 is 6.18 Å². The van der Waals surface area contributed by atoms with E-state index in [1.807, 2.05) is 0 Å². The quantitative estimate of drug-likeness (QED) is 0.529. The van der Waals surface area contributed by atoms with E-state index in [2.05, 4.69) is 10.1 Å². The van der Waals surface area contributed by atoms with Crippen molar-refractivity contribution < 1.29 is 27.2 Å². The van der Waals surface area contributed by atoms with Crippen molar-refractivity contribution in [2.24, 2.45) is 0 Å². The van der Waals surface area contributed by atoms with Crippen LogP contribution < -0.4 is 9.47 Å². The van der Waals surface area contributed by atoms with Crippen LogP contribution in [0.5, 0.6) is 17.2 Å². The van der Waals surface area contributed by atoms with Gasteiger partial charge in [-0.15, -0.1) is 0 Å². The van der Waals surface area contributed by atoms with Gasteiger partial charge in [-0.1, -0.05) is 16.8 Å². The Hall–Kier alpha value is -2.74. The predicted molar refractivity (Wildman–Crippen MR) is 91.0 cm³/mol. The first-order valence-electron chi connectivity index (χ1n) is 7.84. The van der Waals surface area contributed by atoms with Crippen molar-refractivity contribution >= 4 is 11.6 Å². The summed E-state index contributed by atoms with van der Waals surface area (Å²) in [7, 11) is 0. The van der Waals surface area contributed by atoms with Gasteiger partial charge in [0.05, 0.1) is 10.6 Å². The van der Waals surface area contributed by atoms with E-state index >= 15 is 0 Å². The third kappa shape index (κ3) is 4.71. The summed E-state index contributed by atoms with van der Waals surface area (Å²) in [6.45, 7) is 3.47. The van der Waals surface area contributed by atoms with E-state index in [0.29, 0.717) is 23.2 Å². The van der Waals surface area contributed by atoms with E-state index in [9.17, 15) is 13.2 Å². The highest BCUT2D eigenvalue weighted by molar-refractivity contribution is 6.32. The number of alkyl halides is 3. The molecule has 0 aliphatic carbocycles. The van der Waals surface area contributed by atoms with Crippen LogP contribution >= 0.6 is 11.6 Å². The Balaban J connectivity index is 1.67. The average molecular weight is 399 g/mol. The first-order valence-corrected chi connectivity index (χ1v) is 8.21. The molecule has 27 heavy (non-hydrogen) atoms. The fourth-order valence-electron chi connectivity index (χ4n) is 2.21. The summed E-state index contributed by atoms with van der Waals surface area (Å²) in [6.07, 6.45) is -4.91. The first-order chi connectivity index (χ1) is 12.7. The Labute approximate surface area is 157 Å². The molecule has 0 spiro atoms. The Morgan fingerprint density at radius 3 is 2.30 bits per heavy atom. The van der Waals surface area contributed by atoms with Crippen LogP contribution in [0.2, 0.25) is 5.02 Å². The second-order valence-corrected chi connectivity index (χ2v) is 6.06. The van der Waals surface area contributed by atoms with Crippen LogP contribution in [0.25, 0.3) is 0 Å². The summed E-state index contributed by atoms with van der Waals surface area (Å²) >= 11 is 5.88. The van der Waals surface area contributed by atoms with Gasteiger partial charge in [-0.05, 0) is 56.3 Å². The monoisotopic (exact) mass is 398 g/mol. The van der Waals surface area contributed by atoms with Crippen molar-refractivity contribution in [1.29, 1.82) is 0 Å². The molecule has 1 heterocycles. The highest BCUT2D eigenvalue weighted by Gasteiger charge is 2.31. The van der Waals surface area contributed by atoms with Gasteiger partial charge < -0.3 is 14.0 Å². The number of aromatic nitrogens is 2. The molecule has 0 N–H and O–H groups in total. The minimum absolute atomic E-state index is 0.119. The van der Waals surface area contributed by atoms with Crippen LogP contribution in [-0.2, 0) is 6.18 Å². The number of hydrogen-bond acceptors (Lipinski definition) is 5. The summed E-state index contributed by atoms with van der Waals surface area (Å²) < 4.78 is 54.3. The van der Waals surface area contributed by atoms with Crippen molar-refractivity contribution in [3.8, 4) is 17.2 Å².